The van der Waals surface area contributed by atoms with Crippen LogP contribution < -0.4 is 16.0 Å². The van der Waals surface area contributed by atoms with Crippen molar-refractivity contribution >= 4 is 23.5 Å². The zero-order valence-corrected chi connectivity index (χ0v) is 21.9. The number of hydrogen-bond donors (Lipinski definition) is 3. The van der Waals surface area contributed by atoms with Crippen LogP contribution in [0, 0.1) is 24.2 Å². The maximum absolute atomic E-state index is 13.3. The number of aromatic nitrogens is 1. The summed E-state index contributed by atoms with van der Waals surface area (Å²) >= 11 is 0. The van der Waals surface area contributed by atoms with E-state index in [1.165, 1.54) is 13.2 Å². The van der Waals surface area contributed by atoms with E-state index in [2.05, 4.69) is 21.1 Å². The predicted molar refractivity (Wildman–Crippen MR) is 129 cm³/mol. The van der Waals surface area contributed by atoms with Gasteiger partial charge in [0.15, 0.2) is 11.5 Å². The normalized spacial score (nSPS) is 17.7. The van der Waals surface area contributed by atoms with Gasteiger partial charge in [0.1, 0.15) is 17.8 Å². The summed E-state index contributed by atoms with van der Waals surface area (Å²) in [5.74, 6) is -1.06. The summed E-state index contributed by atoms with van der Waals surface area (Å²) in [5.41, 5.74) is -0.342. The fourth-order valence-electron chi connectivity index (χ4n) is 3.83. The molecule has 4 atom stereocenters. The summed E-state index contributed by atoms with van der Waals surface area (Å²) < 4.78 is 10.0. The van der Waals surface area contributed by atoms with Gasteiger partial charge in [0.25, 0.3) is 5.91 Å². The average Bonchev–Trinajstić information content (AvgIpc) is 3.40. The standard InChI is InChI=1S/C25H40N4O6/c1-8-15(4)20(24(33)26-17(11-14(2)3)21(30)25(6)9-10-25)28-23(32)19(13-34-7)27-22(31)18-12-16(5)35-29-18/h12,14-15,17,19-20H,8-11,13H2,1-7H3,(H,26,33)(H,27,31)(H,28,32)/t15-,17-,19-,20?/m0/s1. The first-order valence-corrected chi connectivity index (χ1v) is 12.3. The van der Waals surface area contributed by atoms with E-state index < -0.39 is 35.8 Å². The van der Waals surface area contributed by atoms with Crippen LogP contribution in [0.25, 0.3) is 0 Å². The molecular formula is C25H40N4O6. The molecule has 1 unspecified atom stereocenters. The Labute approximate surface area is 207 Å². The molecule has 10 nitrogen and oxygen atoms in total. The van der Waals surface area contributed by atoms with Gasteiger partial charge in [-0.25, -0.2) is 0 Å². The van der Waals surface area contributed by atoms with Crippen molar-refractivity contribution in [3.8, 4) is 0 Å². The van der Waals surface area contributed by atoms with Gasteiger partial charge in [-0.2, -0.15) is 0 Å². The zero-order chi connectivity index (χ0) is 26.3. The number of ether oxygens (including phenoxy) is 1. The highest BCUT2D eigenvalue weighted by Crippen LogP contribution is 2.47. The second-order valence-electron chi connectivity index (χ2n) is 10.3. The Balaban J connectivity index is 2.14. The molecule has 196 valence electrons. The minimum atomic E-state index is -1.05. The van der Waals surface area contributed by atoms with Gasteiger partial charge in [-0.3, -0.25) is 19.2 Å². The number of aryl methyl sites for hydroxylation is 1. The zero-order valence-electron chi connectivity index (χ0n) is 21.9. The quantitative estimate of drug-likeness (QED) is 0.361. The minimum Gasteiger partial charge on any atom is -0.382 e. The molecule has 1 aromatic heterocycles. The lowest BCUT2D eigenvalue weighted by atomic mass is 9.90. The van der Waals surface area contributed by atoms with Crippen LogP contribution in [0.5, 0.6) is 0 Å². The number of nitrogens with zero attached hydrogens (tertiary/aromatic N) is 1. The summed E-state index contributed by atoms with van der Waals surface area (Å²) in [7, 11) is 1.41. The molecule has 1 aromatic rings. The SMILES string of the molecule is CC[C@H](C)C(NC(=O)[C@H](COC)NC(=O)c1cc(C)on1)C(=O)N[C@@H](CC(C)C)C(=O)C1(C)CC1. The van der Waals surface area contributed by atoms with Crippen molar-refractivity contribution in [2.24, 2.45) is 17.3 Å². The van der Waals surface area contributed by atoms with Gasteiger partial charge in [0.05, 0.1) is 12.6 Å². The molecule has 0 saturated heterocycles. The van der Waals surface area contributed by atoms with Crippen molar-refractivity contribution in [3.05, 3.63) is 17.5 Å². The Hall–Kier alpha value is -2.75. The average molecular weight is 493 g/mol. The molecule has 0 aromatic carbocycles. The maximum Gasteiger partial charge on any atom is 0.274 e. The predicted octanol–water partition coefficient (Wildman–Crippen LogP) is 2.16. The van der Waals surface area contributed by atoms with Gasteiger partial charge in [-0.05, 0) is 38.0 Å². The number of hydrogen-bond acceptors (Lipinski definition) is 7. The Morgan fingerprint density at radius 1 is 1.09 bits per heavy atom. The fourth-order valence-corrected chi connectivity index (χ4v) is 3.83. The lowest BCUT2D eigenvalue weighted by Crippen LogP contribution is -2.59. The Morgan fingerprint density at radius 2 is 1.74 bits per heavy atom. The van der Waals surface area contributed by atoms with Crippen LogP contribution in [0.1, 0.15) is 76.6 Å². The van der Waals surface area contributed by atoms with Crippen molar-refractivity contribution in [1.29, 1.82) is 0 Å². The van der Waals surface area contributed by atoms with Gasteiger partial charge < -0.3 is 25.2 Å². The molecule has 3 amide bonds. The second-order valence-corrected chi connectivity index (χ2v) is 10.3. The van der Waals surface area contributed by atoms with Crippen LogP contribution in [0.2, 0.25) is 0 Å². The molecule has 1 aliphatic carbocycles. The smallest absolute Gasteiger partial charge is 0.274 e. The minimum absolute atomic E-state index is 0.0382. The van der Waals surface area contributed by atoms with Crippen molar-refractivity contribution in [3.63, 3.8) is 0 Å². The monoisotopic (exact) mass is 492 g/mol. The van der Waals surface area contributed by atoms with Gasteiger partial charge in [-0.15, -0.1) is 0 Å². The van der Waals surface area contributed by atoms with Crippen LogP contribution in [0.4, 0.5) is 0 Å². The molecule has 35 heavy (non-hydrogen) atoms. The molecule has 0 spiro atoms. The number of carbonyl (C=O) groups is 4. The highest BCUT2D eigenvalue weighted by Gasteiger charge is 2.48. The summed E-state index contributed by atoms with van der Waals surface area (Å²) in [4.78, 5) is 52.0. The number of carbonyl (C=O) groups excluding carboxylic acids is 4. The van der Waals surface area contributed by atoms with Crippen molar-refractivity contribution in [1.82, 2.24) is 21.1 Å². The largest absolute Gasteiger partial charge is 0.382 e. The Morgan fingerprint density at radius 3 is 2.23 bits per heavy atom. The Bertz CT molecular complexity index is 908. The first-order chi connectivity index (χ1) is 16.4. The van der Waals surface area contributed by atoms with Gasteiger partial charge in [0.2, 0.25) is 11.8 Å². The summed E-state index contributed by atoms with van der Waals surface area (Å²) in [6.45, 7) is 11.3. The first-order valence-electron chi connectivity index (χ1n) is 12.3. The van der Waals surface area contributed by atoms with Gasteiger partial charge in [0, 0.05) is 18.6 Å². The van der Waals surface area contributed by atoms with E-state index in [1.807, 2.05) is 34.6 Å². The van der Waals surface area contributed by atoms with E-state index in [1.54, 1.807) is 6.92 Å². The molecular weight excluding hydrogens is 452 g/mol. The number of rotatable bonds is 14. The van der Waals surface area contributed by atoms with E-state index in [-0.39, 0.29) is 35.3 Å². The molecule has 10 heteroatoms. The van der Waals surface area contributed by atoms with Crippen LogP contribution in [0.3, 0.4) is 0 Å². The topological polar surface area (TPSA) is 140 Å². The third-order valence-electron chi connectivity index (χ3n) is 6.54. The van der Waals surface area contributed by atoms with Crippen LogP contribution in [0.15, 0.2) is 10.6 Å². The lowest BCUT2D eigenvalue weighted by Gasteiger charge is -2.29. The Kier molecular flexibility index (Phi) is 10.00. The van der Waals surface area contributed by atoms with E-state index in [9.17, 15) is 19.2 Å². The molecule has 1 heterocycles. The summed E-state index contributed by atoms with van der Waals surface area (Å²) in [6.07, 6.45) is 2.80. The number of nitrogens with one attached hydrogen (secondary N) is 3. The molecule has 1 saturated carbocycles. The van der Waals surface area contributed by atoms with E-state index in [0.29, 0.717) is 18.6 Å². The molecule has 0 radical (unpaired) electrons. The molecule has 1 aliphatic rings. The van der Waals surface area contributed by atoms with E-state index in [4.69, 9.17) is 9.26 Å². The number of ketones is 1. The maximum atomic E-state index is 13.3. The van der Waals surface area contributed by atoms with Gasteiger partial charge >= 0.3 is 0 Å². The van der Waals surface area contributed by atoms with Crippen LogP contribution in [-0.2, 0) is 19.1 Å². The highest BCUT2D eigenvalue weighted by molar-refractivity contribution is 5.98. The molecule has 0 bridgehead atoms. The third kappa shape index (κ3) is 7.88. The molecule has 0 aliphatic heterocycles. The van der Waals surface area contributed by atoms with Crippen molar-refractivity contribution in [2.45, 2.75) is 85.4 Å². The van der Waals surface area contributed by atoms with E-state index >= 15 is 0 Å². The van der Waals surface area contributed by atoms with Crippen LogP contribution in [-0.4, -0.2) is 60.5 Å². The summed E-state index contributed by atoms with van der Waals surface area (Å²) in [6, 6.07) is -1.09. The number of Topliss-reactive ketones (excluding diaryl/α,β-unsaturated/α-hetero) is 1. The lowest BCUT2D eigenvalue weighted by molar-refractivity contribution is -0.134. The van der Waals surface area contributed by atoms with Gasteiger partial charge in [-0.1, -0.05) is 46.2 Å². The van der Waals surface area contributed by atoms with E-state index in [0.717, 1.165) is 12.8 Å². The third-order valence-corrected chi connectivity index (χ3v) is 6.54. The molecule has 1 fully saturated rings. The number of amides is 3. The number of methoxy groups -OCH3 is 1. The highest BCUT2D eigenvalue weighted by atomic mass is 16.5. The second kappa shape index (κ2) is 12.3. The van der Waals surface area contributed by atoms with Crippen LogP contribution >= 0.6 is 0 Å². The fraction of sp³-hybridized carbons (Fsp3) is 0.720. The first kappa shape index (κ1) is 28.5. The van der Waals surface area contributed by atoms with Crippen molar-refractivity contribution < 1.29 is 28.4 Å². The van der Waals surface area contributed by atoms with Crippen molar-refractivity contribution in [2.75, 3.05) is 13.7 Å². The molecule has 2 rings (SSSR count). The molecule has 3 N–H and O–H groups in total. The summed E-state index contributed by atoms with van der Waals surface area (Å²) in [5, 5.41) is 11.9.